The molecule has 1 aliphatic heterocycles. The number of hydrogen-bond acceptors (Lipinski definition) is 4. The van der Waals surface area contributed by atoms with Crippen LogP contribution in [0, 0.1) is 5.41 Å². The van der Waals surface area contributed by atoms with E-state index in [2.05, 4.69) is 58.5 Å². The molecule has 0 unspecified atom stereocenters. The molecule has 3 rings (SSSR count). The molecule has 1 saturated heterocycles. The van der Waals surface area contributed by atoms with E-state index in [9.17, 15) is 0 Å². The lowest BCUT2D eigenvalue weighted by Gasteiger charge is -2.42. The fourth-order valence-corrected chi connectivity index (χ4v) is 4.57. The largest absolute Gasteiger partial charge is 0.385 e. The monoisotopic (exact) mass is 429 g/mol. The molecule has 1 aliphatic carbocycles. The molecule has 1 aromatic rings. The molecule has 1 aromatic carbocycles. The number of methoxy groups -OCH3 is 1. The molecular formula is C25H43N5O. The Bertz CT molecular complexity index is 663. The maximum absolute atomic E-state index is 5.32. The second-order valence-electron chi connectivity index (χ2n) is 9.17. The lowest BCUT2D eigenvalue weighted by Crippen LogP contribution is -2.46. The number of nitrogens with zero attached hydrogens (tertiary/aromatic N) is 3. The van der Waals surface area contributed by atoms with Crippen LogP contribution in [0.25, 0.3) is 0 Å². The van der Waals surface area contributed by atoms with Crippen LogP contribution in [0.15, 0.2) is 29.3 Å². The predicted molar refractivity (Wildman–Crippen MR) is 129 cm³/mol. The molecule has 0 bridgehead atoms. The van der Waals surface area contributed by atoms with E-state index in [1.807, 2.05) is 0 Å². The van der Waals surface area contributed by atoms with Gasteiger partial charge < -0.3 is 20.3 Å². The normalized spacial score (nSPS) is 19.8. The highest BCUT2D eigenvalue weighted by Crippen LogP contribution is 2.43. The second-order valence-corrected chi connectivity index (χ2v) is 9.17. The standard InChI is InChI=1S/C25H43N5O/c1-4-26-24(28-21-25(11-6-12-25)13-18-31-3)27-19-22-7-9-23(10-8-22)20-30-16-14-29(5-2)15-17-30/h7-10H,4-6,11-21H2,1-3H3,(H2,26,27,28). The summed E-state index contributed by atoms with van der Waals surface area (Å²) in [6, 6.07) is 9.00. The van der Waals surface area contributed by atoms with Gasteiger partial charge in [0.15, 0.2) is 5.96 Å². The van der Waals surface area contributed by atoms with Crippen LogP contribution in [0.2, 0.25) is 0 Å². The summed E-state index contributed by atoms with van der Waals surface area (Å²) in [5, 5.41) is 6.99. The third-order valence-corrected chi connectivity index (χ3v) is 6.99. The summed E-state index contributed by atoms with van der Waals surface area (Å²) in [5.41, 5.74) is 3.04. The van der Waals surface area contributed by atoms with Crippen molar-refractivity contribution in [3.8, 4) is 0 Å². The number of hydrogen-bond donors (Lipinski definition) is 2. The Kier molecular flexibility index (Phi) is 9.62. The summed E-state index contributed by atoms with van der Waals surface area (Å²) >= 11 is 0. The average Bonchev–Trinajstić information content (AvgIpc) is 2.78. The lowest BCUT2D eigenvalue weighted by molar-refractivity contribution is 0.0732. The number of ether oxygens (including phenoxy) is 1. The van der Waals surface area contributed by atoms with Gasteiger partial charge in [-0.2, -0.15) is 0 Å². The Hall–Kier alpha value is -1.63. The zero-order chi connectivity index (χ0) is 21.9. The van der Waals surface area contributed by atoms with E-state index in [0.29, 0.717) is 12.0 Å². The zero-order valence-electron chi connectivity index (χ0n) is 20.0. The van der Waals surface area contributed by atoms with Gasteiger partial charge in [0.05, 0.1) is 6.54 Å². The van der Waals surface area contributed by atoms with Gasteiger partial charge in [0.2, 0.25) is 0 Å². The summed E-state index contributed by atoms with van der Waals surface area (Å²) in [7, 11) is 1.79. The summed E-state index contributed by atoms with van der Waals surface area (Å²) in [6.07, 6.45) is 5.04. The number of piperazine rings is 1. The summed E-state index contributed by atoms with van der Waals surface area (Å²) < 4.78 is 5.32. The minimum atomic E-state index is 0.385. The molecule has 2 aliphatic rings. The molecule has 0 amide bonds. The molecule has 0 spiro atoms. The smallest absolute Gasteiger partial charge is 0.191 e. The van der Waals surface area contributed by atoms with E-state index in [-0.39, 0.29) is 0 Å². The van der Waals surface area contributed by atoms with E-state index in [1.165, 1.54) is 63.1 Å². The van der Waals surface area contributed by atoms with Gasteiger partial charge >= 0.3 is 0 Å². The van der Waals surface area contributed by atoms with E-state index < -0.39 is 0 Å². The SMILES string of the molecule is CCNC(=NCc1ccc(CN2CCN(CC)CC2)cc1)NCC1(CCOC)CCC1. The Labute approximate surface area is 189 Å². The molecule has 6 nitrogen and oxygen atoms in total. The van der Waals surface area contributed by atoms with Gasteiger partial charge in [0, 0.05) is 59.5 Å². The van der Waals surface area contributed by atoms with Crippen molar-refractivity contribution in [3.63, 3.8) is 0 Å². The Morgan fingerprint density at radius 3 is 2.26 bits per heavy atom. The Morgan fingerprint density at radius 1 is 1.00 bits per heavy atom. The van der Waals surface area contributed by atoms with E-state index in [4.69, 9.17) is 9.73 Å². The van der Waals surface area contributed by atoms with Crippen molar-refractivity contribution in [2.45, 2.75) is 52.6 Å². The highest BCUT2D eigenvalue weighted by atomic mass is 16.5. The van der Waals surface area contributed by atoms with Gasteiger partial charge in [-0.05, 0) is 49.3 Å². The summed E-state index contributed by atoms with van der Waals surface area (Å²) in [4.78, 5) is 9.92. The van der Waals surface area contributed by atoms with Gasteiger partial charge in [-0.3, -0.25) is 4.90 Å². The third-order valence-electron chi connectivity index (χ3n) is 6.99. The van der Waals surface area contributed by atoms with E-state index >= 15 is 0 Å². The molecule has 0 aromatic heterocycles. The molecule has 2 N–H and O–H groups in total. The first-order valence-corrected chi connectivity index (χ1v) is 12.2. The van der Waals surface area contributed by atoms with Gasteiger partial charge in [0.25, 0.3) is 0 Å². The number of nitrogens with one attached hydrogen (secondary N) is 2. The summed E-state index contributed by atoms with van der Waals surface area (Å²) in [5.74, 6) is 0.920. The van der Waals surface area contributed by atoms with Crippen molar-refractivity contribution in [3.05, 3.63) is 35.4 Å². The van der Waals surface area contributed by atoms with Gasteiger partial charge in [-0.15, -0.1) is 0 Å². The number of aliphatic imine (C=N–C) groups is 1. The maximum atomic E-state index is 5.32. The lowest BCUT2D eigenvalue weighted by atomic mass is 9.67. The topological polar surface area (TPSA) is 52.1 Å². The van der Waals surface area contributed by atoms with E-state index in [0.717, 1.165) is 38.6 Å². The fraction of sp³-hybridized carbons (Fsp3) is 0.720. The minimum Gasteiger partial charge on any atom is -0.385 e. The van der Waals surface area contributed by atoms with Crippen LogP contribution in [0.3, 0.4) is 0 Å². The number of likely N-dealkylation sites (N-methyl/N-ethyl adjacent to an activating group) is 1. The van der Waals surface area contributed by atoms with Gasteiger partial charge in [0.1, 0.15) is 0 Å². The highest BCUT2D eigenvalue weighted by molar-refractivity contribution is 5.79. The van der Waals surface area contributed by atoms with Gasteiger partial charge in [-0.25, -0.2) is 4.99 Å². The van der Waals surface area contributed by atoms with Crippen LogP contribution in [0.4, 0.5) is 0 Å². The van der Waals surface area contributed by atoms with Gasteiger partial charge in [-0.1, -0.05) is 37.6 Å². The van der Waals surface area contributed by atoms with Crippen molar-refractivity contribution in [2.75, 3.05) is 59.5 Å². The molecule has 31 heavy (non-hydrogen) atoms. The molecule has 0 atom stereocenters. The first-order valence-electron chi connectivity index (χ1n) is 12.2. The minimum absolute atomic E-state index is 0.385. The fourth-order valence-electron chi connectivity index (χ4n) is 4.57. The molecule has 1 heterocycles. The molecule has 174 valence electrons. The molecular weight excluding hydrogens is 386 g/mol. The quantitative estimate of drug-likeness (QED) is 0.418. The van der Waals surface area contributed by atoms with Crippen LogP contribution in [-0.2, 0) is 17.8 Å². The number of rotatable bonds is 11. The second kappa shape index (κ2) is 12.4. The van der Waals surface area contributed by atoms with E-state index in [1.54, 1.807) is 7.11 Å². The average molecular weight is 430 g/mol. The van der Waals surface area contributed by atoms with Crippen LogP contribution >= 0.6 is 0 Å². The highest BCUT2D eigenvalue weighted by Gasteiger charge is 2.36. The third kappa shape index (κ3) is 7.48. The first kappa shape index (κ1) is 24.0. The Morgan fingerprint density at radius 2 is 1.68 bits per heavy atom. The van der Waals surface area contributed by atoms with Crippen molar-refractivity contribution < 1.29 is 4.74 Å². The molecule has 1 saturated carbocycles. The summed E-state index contributed by atoms with van der Waals surface area (Å²) in [6.45, 7) is 14.7. The molecule has 6 heteroatoms. The van der Waals surface area contributed by atoms with Crippen LogP contribution in [0.1, 0.15) is 50.7 Å². The molecule has 0 radical (unpaired) electrons. The van der Waals surface area contributed by atoms with Crippen molar-refractivity contribution in [2.24, 2.45) is 10.4 Å². The number of guanidine groups is 1. The zero-order valence-corrected chi connectivity index (χ0v) is 20.0. The first-order chi connectivity index (χ1) is 15.2. The Balaban J connectivity index is 1.47. The number of benzene rings is 1. The van der Waals surface area contributed by atoms with Crippen molar-refractivity contribution in [1.29, 1.82) is 0 Å². The van der Waals surface area contributed by atoms with Crippen LogP contribution < -0.4 is 10.6 Å². The van der Waals surface area contributed by atoms with Crippen LogP contribution in [0.5, 0.6) is 0 Å². The maximum Gasteiger partial charge on any atom is 0.191 e. The predicted octanol–water partition coefficient (Wildman–Crippen LogP) is 3.09. The molecule has 2 fully saturated rings. The van der Waals surface area contributed by atoms with Crippen molar-refractivity contribution in [1.82, 2.24) is 20.4 Å². The van der Waals surface area contributed by atoms with Crippen LogP contribution in [-0.4, -0.2) is 75.3 Å². The van der Waals surface area contributed by atoms with Crippen molar-refractivity contribution >= 4 is 5.96 Å².